The van der Waals surface area contributed by atoms with E-state index < -0.39 is 0 Å². The van der Waals surface area contributed by atoms with Gasteiger partial charge in [-0.1, -0.05) is 51.8 Å². The van der Waals surface area contributed by atoms with E-state index in [0.717, 1.165) is 17.6 Å². The van der Waals surface area contributed by atoms with E-state index in [2.05, 4.69) is 77.6 Å². The predicted molar refractivity (Wildman–Crippen MR) is 80.6 cm³/mol. The zero-order valence-corrected chi connectivity index (χ0v) is 12.4. The van der Waals surface area contributed by atoms with E-state index in [1.165, 1.54) is 22.3 Å². The molecular formula is C16H18BrN. The highest BCUT2D eigenvalue weighted by atomic mass is 79.9. The van der Waals surface area contributed by atoms with E-state index in [-0.39, 0.29) is 0 Å². The lowest BCUT2D eigenvalue weighted by Crippen LogP contribution is -2.13. The quantitative estimate of drug-likeness (QED) is 0.885. The molecule has 0 aromatic heterocycles. The standard InChI is InChI=1S/C16H18BrN/c1-12-3-4-13(2)15(9-12)11-18-10-14-5-7-16(17)8-6-14/h3-9,18H,10-11H2,1-2H3. The first-order chi connectivity index (χ1) is 8.65. The molecule has 0 radical (unpaired) electrons. The van der Waals surface area contributed by atoms with Gasteiger partial charge in [-0.25, -0.2) is 0 Å². The minimum absolute atomic E-state index is 0.903. The normalized spacial score (nSPS) is 10.6. The molecule has 1 N–H and O–H groups in total. The van der Waals surface area contributed by atoms with Crippen molar-refractivity contribution in [1.29, 1.82) is 0 Å². The van der Waals surface area contributed by atoms with Gasteiger partial charge in [0.2, 0.25) is 0 Å². The third kappa shape index (κ3) is 3.69. The molecule has 1 nitrogen and oxygen atoms in total. The lowest BCUT2D eigenvalue weighted by molar-refractivity contribution is 0.690. The Hall–Kier alpha value is -1.12. The van der Waals surface area contributed by atoms with Gasteiger partial charge in [-0.3, -0.25) is 0 Å². The van der Waals surface area contributed by atoms with Gasteiger partial charge in [0.05, 0.1) is 0 Å². The molecule has 94 valence electrons. The molecule has 0 aliphatic carbocycles. The summed E-state index contributed by atoms with van der Waals surface area (Å²) in [5, 5.41) is 3.49. The summed E-state index contributed by atoms with van der Waals surface area (Å²) in [4.78, 5) is 0. The topological polar surface area (TPSA) is 12.0 Å². The van der Waals surface area contributed by atoms with E-state index >= 15 is 0 Å². The van der Waals surface area contributed by atoms with Gasteiger partial charge >= 0.3 is 0 Å². The van der Waals surface area contributed by atoms with Gasteiger partial charge in [0, 0.05) is 17.6 Å². The number of aryl methyl sites for hydroxylation is 2. The maximum absolute atomic E-state index is 3.49. The summed E-state index contributed by atoms with van der Waals surface area (Å²) < 4.78 is 1.13. The zero-order valence-electron chi connectivity index (χ0n) is 10.8. The third-order valence-corrected chi connectivity index (χ3v) is 3.59. The summed E-state index contributed by atoms with van der Waals surface area (Å²) in [5.41, 5.74) is 5.36. The molecule has 0 aliphatic heterocycles. The van der Waals surface area contributed by atoms with E-state index in [4.69, 9.17) is 0 Å². The van der Waals surface area contributed by atoms with Crippen LogP contribution in [0, 0.1) is 13.8 Å². The Bertz CT molecular complexity index is 517. The maximum Gasteiger partial charge on any atom is 0.0211 e. The average molecular weight is 304 g/mol. The molecule has 0 spiro atoms. The minimum Gasteiger partial charge on any atom is -0.309 e. The lowest BCUT2D eigenvalue weighted by Gasteiger charge is -2.09. The molecule has 0 fully saturated rings. The number of benzene rings is 2. The van der Waals surface area contributed by atoms with Gasteiger partial charge in [0.15, 0.2) is 0 Å². The first kappa shape index (κ1) is 13.3. The molecule has 0 amide bonds. The van der Waals surface area contributed by atoms with Crippen LogP contribution in [0.3, 0.4) is 0 Å². The Morgan fingerprint density at radius 3 is 2.39 bits per heavy atom. The van der Waals surface area contributed by atoms with Gasteiger partial charge in [0.1, 0.15) is 0 Å². The summed E-state index contributed by atoms with van der Waals surface area (Å²) in [5.74, 6) is 0. The highest BCUT2D eigenvalue weighted by molar-refractivity contribution is 9.10. The predicted octanol–water partition coefficient (Wildman–Crippen LogP) is 4.36. The van der Waals surface area contributed by atoms with Gasteiger partial charge in [-0.2, -0.15) is 0 Å². The molecule has 0 saturated heterocycles. The van der Waals surface area contributed by atoms with Crippen LogP contribution in [0.4, 0.5) is 0 Å². The Morgan fingerprint density at radius 2 is 1.67 bits per heavy atom. The van der Waals surface area contributed by atoms with Crippen molar-refractivity contribution >= 4 is 15.9 Å². The second-order valence-electron chi connectivity index (χ2n) is 4.66. The van der Waals surface area contributed by atoms with Crippen molar-refractivity contribution in [2.45, 2.75) is 26.9 Å². The van der Waals surface area contributed by atoms with Gasteiger partial charge in [-0.15, -0.1) is 0 Å². The number of hydrogen-bond acceptors (Lipinski definition) is 1. The fourth-order valence-corrected chi connectivity index (χ4v) is 2.20. The van der Waals surface area contributed by atoms with Crippen LogP contribution in [0.2, 0.25) is 0 Å². The van der Waals surface area contributed by atoms with Crippen molar-refractivity contribution < 1.29 is 0 Å². The highest BCUT2D eigenvalue weighted by Crippen LogP contribution is 2.12. The van der Waals surface area contributed by atoms with E-state index in [0.29, 0.717) is 0 Å². The van der Waals surface area contributed by atoms with Crippen molar-refractivity contribution in [2.24, 2.45) is 0 Å². The van der Waals surface area contributed by atoms with Crippen LogP contribution < -0.4 is 5.32 Å². The molecule has 2 heteroatoms. The molecule has 0 heterocycles. The number of hydrogen-bond donors (Lipinski definition) is 1. The summed E-state index contributed by atoms with van der Waals surface area (Å²) in [6, 6.07) is 15.0. The molecule has 2 aromatic carbocycles. The largest absolute Gasteiger partial charge is 0.309 e. The van der Waals surface area contributed by atoms with Crippen molar-refractivity contribution in [2.75, 3.05) is 0 Å². The third-order valence-electron chi connectivity index (χ3n) is 3.06. The van der Waals surface area contributed by atoms with Crippen LogP contribution in [-0.2, 0) is 13.1 Å². The van der Waals surface area contributed by atoms with Gasteiger partial charge in [-0.05, 0) is 42.7 Å². The molecule has 18 heavy (non-hydrogen) atoms. The molecule has 2 rings (SSSR count). The fourth-order valence-electron chi connectivity index (χ4n) is 1.93. The van der Waals surface area contributed by atoms with Gasteiger partial charge in [0.25, 0.3) is 0 Å². The fraction of sp³-hybridized carbons (Fsp3) is 0.250. The Kier molecular flexibility index (Phi) is 4.56. The molecule has 0 aliphatic rings. The number of nitrogens with one attached hydrogen (secondary N) is 1. The Labute approximate surface area is 117 Å². The second kappa shape index (κ2) is 6.17. The van der Waals surface area contributed by atoms with E-state index in [1.54, 1.807) is 0 Å². The van der Waals surface area contributed by atoms with Crippen LogP contribution in [0.5, 0.6) is 0 Å². The second-order valence-corrected chi connectivity index (χ2v) is 5.58. The van der Waals surface area contributed by atoms with Gasteiger partial charge < -0.3 is 5.32 Å². The first-order valence-corrected chi connectivity index (χ1v) is 6.96. The number of halogens is 1. The number of rotatable bonds is 4. The monoisotopic (exact) mass is 303 g/mol. The van der Waals surface area contributed by atoms with Crippen molar-refractivity contribution in [3.8, 4) is 0 Å². The Balaban J connectivity index is 1.92. The summed E-state index contributed by atoms with van der Waals surface area (Å²) >= 11 is 3.45. The van der Waals surface area contributed by atoms with Crippen molar-refractivity contribution in [3.05, 3.63) is 69.2 Å². The van der Waals surface area contributed by atoms with E-state index in [9.17, 15) is 0 Å². The van der Waals surface area contributed by atoms with Crippen LogP contribution in [0.15, 0.2) is 46.9 Å². The van der Waals surface area contributed by atoms with Crippen molar-refractivity contribution in [3.63, 3.8) is 0 Å². The molecule has 0 saturated carbocycles. The van der Waals surface area contributed by atoms with Crippen LogP contribution >= 0.6 is 15.9 Å². The van der Waals surface area contributed by atoms with Crippen LogP contribution in [0.25, 0.3) is 0 Å². The zero-order chi connectivity index (χ0) is 13.0. The average Bonchev–Trinajstić information content (AvgIpc) is 2.36. The maximum atomic E-state index is 3.49. The first-order valence-electron chi connectivity index (χ1n) is 6.16. The lowest BCUT2D eigenvalue weighted by atomic mass is 10.1. The highest BCUT2D eigenvalue weighted by Gasteiger charge is 1.99. The summed E-state index contributed by atoms with van der Waals surface area (Å²) in [7, 11) is 0. The Morgan fingerprint density at radius 1 is 0.944 bits per heavy atom. The molecule has 0 bridgehead atoms. The summed E-state index contributed by atoms with van der Waals surface area (Å²) in [6.07, 6.45) is 0. The smallest absolute Gasteiger partial charge is 0.0211 e. The van der Waals surface area contributed by atoms with E-state index in [1.807, 2.05) is 0 Å². The van der Waals surface area contributed by atoms with Crippen molar-refractivity contribution in [1.82, 2.24) is 5.32 Å². The molecule has 0 atom stereocenters. The van der Waals surface area contributed by atoms with Crippen LogP contribution in [-0.4, -0.2) is 0 Å². The van der Waals surface area contributed by atoms with Crippen LogP contribution in [0.1, 0.15) is 22.3 Å². The molecular weight excluding hydrogens is 286 g/mol. The molecule has 2 aromatic rings. The SMILES string of the molecule is Cc1ccc(C)c(CNCc2ccc(Br)cc2)c1. The minimum atomic E-state index is 0.903. The molecule has 0 unspecified atom stereocenters. The summed E-state index contributed by atoms with van der Waals surface area (Å²) in [6.45, 7) is 6.12.